The van der Waals surface area contributed by atoms with Crippen molar-refractivity contribution in [3.05, 3.63) is 58.7 Å². The van der Waals surface area contributed by atoms with Crippen LogP contribution in [-0.4, -0.2) is 25.1 Å². The molecule has 132 valence electrons. The third-order valence-electron chi connectivity index (χ3n) is 3.58. The van der Waals surface area contributed by atoms with E-state index in [2.05, 4.69) is 25.0 Å². The van der Waals surface area contributed by atoms with Crippen LogP contribution in [0, 0.1) is 0 Å². The van der Waals surface area contributed by atoms with Crippen molar-refractivity contribution in [1.82, 2.24) is 25.1 Å². The molecule has 0 radical (unpaired) electrons. The second-order valence-electron chi connectivity index (χ2n) is 5.43. The van der Waals surface area contributed by atoms with Gasteiger partial charge in [0.1, 0.15) is 5.69 Å². The zero-order chi connectivity index (χ0) is 18.1. The third kappa shape index (κ3) is 3.36. The Bertz CT molecular complexity index is 1010. The Morgan fingerprint density at radius 1 is 1.08 bits per heavy atom. The molecule has 6 nitrogen and oxygen atoms in total. The molecule has 0 aliphatic carbocycles. The fourth-order valence-electron chi connectivity index (χ4n) is 2.32. The molecule has 4 rings (SSSR count). The summed E-state index contributed by atoms with van der Waals surface area (Å²) < 4.78 is 43.5. The number of halogens is 3. The van der Waals surface area contributed by atoms with Gasteiger partial charge in [-0.3, -0.25) is 0 Å². The van der Waals surface area contributed by atoms with Gasteiger partial charge in [0.2, 0.25) is 5.82 Å². The number of alkyl halides is 3. The van der Waals surface area contributed by atoms with Gasteiger partial charge in [-0.25, -0.2) is 4.68 Å². The van der Waals surface area contributed by atoms with Crippen LogP contribution in [-0.2, 0) is 12.7 Å². The Morgan fingerprint density at radius 3 is 2.54 bits per heavy atom. The quantitative estimate of drug-likeness (QED) is 0.535. The molecule has 0 saturated carbocycles. The van der Waals surface area contributed by atoms with Crippen molar-refractivity contribution in [2.75, 3.05) is 0 Å². The number of hydrogen-bond acceptors (Lipinski definition) is 6. The summed E-state index contributed by atoms with van der Waals surface area (Å²) in [7, 11) is 0. The fourth-order valence-corrected chi connectivity index (χ4v) is 2.97. The van der Waals surface area contributed by atoms with Gasteiger partial charge in [0.15, 0.2) is 0 Å². The van der Waals surface area contributed by atoms with Gasteiger partial charge in [-0.2, -0.15) is 29.5 Å². The summed E-state index contributed by atoms with van der Waals surface area (Å²) in [6.07, 6.45) is -2.82. The van der Waals surface area contributed by atoms with Crippen molar-refractivity contribution in [2.24, 2.45) is 0 Å². The molecule has 3 aromatic heterocycles. The molecule has 26 heavy (non-hydrogen) atoms. The van der Waals surface area contributed by atoms with Crippen molar-refractivity contribution in [3.63, 3.8) is 0 Å². The van der Waals surface area contributed by atoms with Crippen molar-refractivity contribution in [3.8, 4) is 22.6 Å². The molecule has 4 aromatic rings. The maximum atomic E-state index is 12.5. The highest BCUT2D eigenvalue weighted by Gasteiger charge is 2.38. The minimum absolute atomic E-state index is 0.107. The normalized spacial score (nSPS) is 11.8. The Kier molecular flexibility index (Phi) is 4.03. The summed E-state index contributed by atoms with van der Waals surface area (Å²) in [6, 6.07) is 8.78. The molecule has 0 bridgehead atoms. The summed E-state index contributed by atoms with van der Waals surface area (Å²) >= 11 is 1.58. The van der Waals surface area contributed by atoms with Crippen LogP contribution in [0.15, 0.2) is 51.8 Å². The number of thiophene rings is 1. The van der Waals surface area contributed by atoms with Gasteiger partial charge in [-0.05, 0) is 17.0 Å². The lowest BCUT2D eigenvalue weighted by molar-refractivity contribution is -0.159. The van der Waals surface area contributed by atoms with Gasteiger partial charge in [0.05, 0.1) is 12.7 Å². The van der Waals surface area contributed by atoms with E-state index >= 15 is 0 Å². The average molecular weight is 377 g/mol. The second kappa shape index (κ2) is 6.37. The van der Waals surface area contributed by atoms with Crippen molar-refractivity contribution >= 4 is 11.3 Å². The molecule has 0 saturated heterocycles. The predicted octanol–water partition coefficient (Wildman–Crippen LogP) is 4.12. The lowest BCUT2D eigenvalue weighted by Gasteiger charge is -2.02. The molecular formula is C16H10F3N5OS. The van der Waals surface area contributed by atoms with E-state index in [0.717, 1.165) is 16.8 Å². The molecule has 1 aromatic carbocycles. The van der Waals surface area contributed by atoms with Gasteiger partial charge in [-0.15, -0.1) is 5.10 Å². The standard InChI is InChI=1S/C16H10F3N5OS/c17-16(18,19)15-20-14(22-25-15)11-3-1-10(2-4-11)7-24-8-13(21-23-24)12-5-6-26-9-12/h1-6,8-9H,7H2. The Morgan fingerprint density at radius 2 is 1.88 bits per heavy atom. The highest BCUT2D eigenvalue weighted by atomic mass is 32.1. The summed E-state index contributed by atoms with van der Waals surface area (Å²) in [5.41, 5.74) is 3.14. The van der Waals surface area contributed by atoms with Crippen LogP contribution in [0.1, 0.15) is 11.5 Å². The van der Waals surface area contributed by atoms with Crippen LogP contribution in [0.5, 0.6) is 0 Å². The van der Waals surface area contributed by atoms with Gasteiger partial charge >= 0.3 is 12.1 Å². The number of benzene rings is 1. The van der Waals surface area contributed by atoms with E-state index in [0.29, 0.717) is 12.1 Å². The minimum Gasteiger partial charge on any atom is -0.329 e. The van der Waals surface area contributed by atoms with Gasteiger partial charge in [0.25, 0.3) is 0 Å². The zero-order valence-corrected chi connectivity index (χ0v) is 13.8. The molecule has 0 amide bonds. The first-order chi connectivity index (χ1) is 12.5. The van der Waals surface area contributed by atoms with Gasteiger partial charge in [0, 0.05) is 16.5 Å². The van der Waals surface area contributed by atoms with E-state index in [1.54, 1.807) is 40.3 Å². The SMILES string of the molecule is FC(F)(F)c1nc(-c2ccc(Cn3cc(-c4ccsc4)nn3)cc2)no1. The maximum Gasteiger partial charge on any atom is 0.471 e. The molecule has 0 spiro atoms. The van der Waals surface area contributed by atoms with Crippen molar-refractivity contribution < 1.29 is 17.7 Å². The summed E-state index contributed by atoms with van der Waals surface area (Å²) in [4.78, 5) is 3.37. The third-order valence-corrected chi connectivity index (χ3v) is 4.26. The second-order valence-corrected chi connectivity index (χ2v) is 6.21. The van der Waals surface area contributed by atoms with Crippen molar-refractivity contribution in [2.45, 2.75) is 12.7 Å². The van der Waals surface area contributed by atoms with E-state index in [4.69, 9.17) is 0 Å². The molecule has 0 aliphatic heterocycles. The molecule has 0 atom stereocenters. The topological polar surface area (TPSA) is 69.6 Å². The zero-order valence-electron chi connectivity index (χ0n) is 13.0. The molecular weight excluding hydrogens is 367 g/mol. The number of nitrogens with zero attached hydrogens (tertiary/aromatic N) is 5. The highest BCUT2D eigenvalue weighted by molar-refractivity contribution is 7.08. The molecule has 0 fully saturated rings. The molecule has 3 heterocycles. The van der Waals surface area contributed by atoms with E-state index in [-0.39, 0.29) is 5.82 Å². The van der Waals surface area contributed by atoms with Crippen LogP contribution >= 0.6 is 11.3 Å². The molecule has 0 N–H and O–H groups in total. The van der Waals surface area contributed by atoms with E-state index in [1.807, 2.05) is 23.0 Å². The lowest BCUT2D eigenvalue weighted by atomic mass is 10.1. The smallest absolute Gasteiger partial charge is 0.329 e. The predicted molar refractivity (Wildman–Crippen MR) is 87.2 cm³/mol. The largest absolute Gasteiger partial charge is 0.471 e. The van der Waals surface area contributed by atoms with Gasteiger partial charge < -0.3 is 4.52 Å². The van der Waals surface area contributed by atoms with E-state index in [9.17, 15) is 13.2 Å². The number of rotatable bonds is 4. The lowest BCUT2D eigenvalue weighted by Crippen LogP contribution is -2.04. The maximum absolute atomic E-state index is 12.5. The van der Waals surface area contributed by atoms with Crippen LogP contribution in [0.4, 0.5) is 13.2 Å². The van der Waals surface area contributed by atoms with Crippen LogP contribution < -0.4 is 0 Å². The fraction of sp³-hybridized carbons (Fsp3) is 0.125. The number of hydrogen-bond donors (Lipinski definition) is 0. The first-order valence-corrected chi connectivity index (χ1v) is 8.36. The van der Waals surface area contributed by atoms with Crippen LogP contribution in [0.3, 0.4) is 0 Å². The minimum atomic E-state index is -4.65. The molecule has 0 aliphatic rings. The first kappa shape index (κ1) is 16.5. The van der Waals surface area contributed by atoms with Crippen molar-refractivity contribution in [1.29, 1.82) is 0 Å². The van der Waals surface area contributed by atoms with Crippen LogP contribution in [0.25, 0.3) is 22.6 Å². The Labute approximate surface area is 148 Å². The molecule has 0 unspecified atom stereocenters. The van der Waals surface area contributed by atoms with E-state index < -0.39 is 12.1 Å². The summed E-state index contributed by atoms with van der Waals surface area (Å²) in [6.45, 7) is 0.484. The van der Waals surface area contributed by atoms with E-state index in [1.165, 1.54) is 0 Å². The first-order valence-electron chi connectivity index (χ1n) is 7.42. The monoisotopic (exact) mass is 377 g/mol. The van der Waals surface area contributed by atoms with Crippen LogP contribution in [0.2, 0.25) is 0 Å². The Balaban J connectivity index is 1.49. The summed E-state index contributed by atoms with van der Waals surface area (Å²) in [5, 5.41) is 15.5. The number of aromatic nitrogens is 5. The highest BCUT2D eigenvalue weighted by Crippen LogP contribution is 2.29. The van der Waals surface area contributed by atoms with Gasteiger partial charge in [-0.1, -0.05) is 34.6 Å². The average Bonchev–Trinajstić information content (AvgIpc) is 3.36. The summed E-state index contributed by atoms with van der Waals surface area (Å²) in [5.74, 6) is -1.47. The Hall–Kier alpha value is -3.01. The molecule has 10 heteroatoms.